The summed E-state index contributed by atoms with van der Waals surface area (Å²) in [7, 11) is -2.90. The molecule has 36 heavy (non-hydrogen) atoms. The molecule has 0 N–H and O–H groups in total. The van der Waals surface area contributed by atoms with Gasteiger partial charge in [0.05, 0.1) is 0 Å². The summed E-state index contributed by atoms with van der Waals surface area (Å²) in [5, 5.41) is -3.35. The Hall–Kier alpha value is -0.600. The Morgan fingerprint density at radius 3 is 0.944 bits per heavy atom. The molecule has 0 bridgehead atoms. The second kappa shape index (κ2) is 12.1. The maximum Gasteiger partial charge on any atom is 0.702 e. The highest BCUT2D eigenvalue weighted by molar-refractivity contribution is 9.11. The Bertz CT molecular complexity index is 1220. The molecule has 0 atom stereocenters. The minimum Gasteiger partial charge on any atom is -0.0859 e. The summed E-state index contributed by atoms with van der Waals surface area (Å²) in [5.41, 5.74) is 2.19. The van der Waals surface area contributed by atoms with Crippen molar-refractivity contribution in [2.24, 2.45) is 0 Å². The molecule has 0 saturated heterocycles. The monoisotopic (exact) mass is 793 g/mol. The first kappa shape index (κ1) is 28.4. The summed E-state index contributed by atoms with van der Waals surface area (Å²) < 4.78 is 28.5. The van der Waals surface area contributed by atoms with Gasteiger partial charge in [0.15, 0.2) is 0 Å². The molecule has 4 aromatic carbocycles. The molecule has 0 aliphatic carbocycles. The van der Waals surface area contributed by atoms with E-state index in [1.165, 1.54) is 0 Å². The van der Waals surface area contributed by atoms with Crippen LogP contribution in [0, 0.1) is 0 Å². The maximum atomic E-state index is 13.7. The van der Waals surface area contributed by atoms with Gasteiger partial charge in [0.1, 0.15) is 0 Å². The van der Waals surface area contributed by atoms with Crippen molar-refractivity contribution in [3.63, 3.8) is 0 Å². The van der Waals surface area contributed by atoms with E-state index in [1.54, 1.807) is 24.3 Å². The lowest BCUT2D eigenvalue weighted by molar-refractivity contribution is 0.122. The van der Waals surface area contributed by atoms with Crippen molar-refractivity contribution in [3.05, 3.63) is 137 Å². The Morgan fingerprint density at radius 2 is 0.722 bits per heavy atom. The molecule has 0 spiro atoms. The van der Waals surface area contributed by atoms with Gasteiger partial charge < -0.3 is 0 Å². The molecular weight excluding hydrogens is 782 g/mol. The highest BCUT2D eigenvalue weighted by atomic mass is 79.9. The number of halogens is 6. The van der Waals surface area contributed by atoms with Crippen molar-refractivity contribution in [2.45, 2.75) is 10.1 Å². The molecule has 3 nitrogen and oxygen atoms in total. The van der Waals surface area contributed by atoms with Crippen molar-refractivity contribution in [3.8, 4) is 0 Å². The predicted molar refractivity (Wildman–Crippen MR) is 160 cm³/mol. The molecule has 0 amide bonds. The van der Waals surface area contributed by atoms with Gasteiger partial charge in [0.25, 0.3) is 10.1 Å². The smallest absolute Gasteiger partial charge is 0.0859 e. The van der Waals surface area contributed by atoms with E-state index in [0.29, 0.717) is 40.1 Å². The summed E-state index contributed by atoms with van der Waals surface area (Å²) in [4.78, 5) is 0. The maximum absolute atomic E-state index is 13.7. The summed E-state index contributed by atoms with van der Waals surface area (Å²) in [5.74, 6) is 0. The quantitative estimate of drug-likeness (QED) is 0.132. The van der Waals surface area contributed by atoms with Crippen LogP contribution in [-0.2, 0) is 23.7 Å². The molecule has 4 rings (SSSR count). The molecule has 0 radical (unpaired) electrons. The van der Waals surface area contributed by atoms with Crippen LogP contribution in [0.1, 0.15) is 22.3 Å². The normalized spacial score (nSPS) is 11.9. The van der Waals surface area contributed by atoms with Crippen LogP contribution in [-0.4, -0.2) is 0 Å². The van der Waals surface area contributed by atoms with E-state index >= 15 is 0 Å². The van der Waals surface area contributed by atoms with Crippen LogP contribution in [0.2, 0.25) is 0 Å². The number of rotatable bonds is 8. The third-order valence-electron chi connectivity index (χ3n) is 5.28. The second-order valence-electron chi connectivity index (χ2n) is 7.52. The van der Waals surface area contributed by atoms with Crippen LogP contribution in [0.3, 0.4) is 0 Å². The summed E-state index contributed by atoms with van der Waals surface area (Å²) in [6, 6.07) is 29.1. The molecule has 0 aromatic heterocycles. The second-order valence-corrected chi connectivity index (χ2v) is 12.8. The fraction of sp³-hybridized carbons (Fsp3) is 0.0769. The summed E-state index contributed by atoms with van der Waals surface area (Å²) >= 11 is 28.5. The first-order chi connectivity index (χ1) is 17.2. The number of alkyl halides is 2. The van der Waals surface area contributed by atoms with Gasteiger partial charge in [0.2, 0.25) is 0 Å². The van der Waals surface area contributed by atoms with Gasteiger partial charge in [-0.15, -0.1) is 0 Å². The lowest BCUT2D eigenvalue weighted by atomic mass is 10.0. The molecule has 0 aliphatic rings. The molecular formula is C26H16Br4Cl2O3P+. The van der Waals surface area contributed by atoms with E-state index in [2.05, 4.69) is 63.7 Å². The zero-order valence-electron chi connectivity index (χ0n) is 18.2. The van der Waals surface area contributed by atoms with E-state index in [-0.39, 0.29) is 0 Å². The summed E-state index contributed by atoms with van der Waals surface area (Å²) in [6.45, 7) is 0. The minimum absolute atomic E-state index is 0.549. The van der Waals surface area contributed by atoms with Crippen molar-refractivity contribution in [1.29, 1.82) is 0 Å². The average molecular weight is 798 g/mol. The van der Waals surface area contributed by atoms with Crippen molar-refractivity contribution >= 4 is 95.2 Å². The van der Waals surface area contributed by atoms with Crippen LogP contribution < -0.4 is 0 Å². The van der Waals surface area contributed by atoms with Crippen LogP contribution >= 0.6 is 95.2 Å². The van der Waals surface area contributed by atoms with Crippen LogP contribution in [0.25, 0.3) is 0 Å². The van der Waals surface area contributed by atoms with Crippen LogP contribution in [0.4, 0.5) is 0 Å². The minimum atomic E-state index is -2.90. The average Bonchev–Trinajstić information content (AvgIpc) is 2.84. The lowest BCUT2D eigenvalue weighted by Crippen LogP contribution is -2.27. The zero-order chi connectivity index (χ0) is 25.9. The summed E-state index contributed by atoms with van der Waals surface area (Å²) in [6.07, 6.45) is 0. The van der Waals surface area contributed by atoms with E-state index < -0.39 is 18.4 Å². The fourth-order valence-corrected chi connectivity index (χ4v) is 8.15. The fourth-order valence-electron chi connectivity index (χ4n) is 3.60. The number of hydrogen-bond donors (Lipinski definition) is 0. The Balaban J connectivity index is 1.81. The lowest BCUT2D eigenvalue weighted by Gasteiger charge is -2.27. The third-order valence-corrected chi connectivity index (χ3v) is 10.1. The molecule has 0 saturated carbocycles. The van der Waals surface area contributed by atoms with Gasteiger partial charge in [0, 0.05) is 44.7 Å². The topological polar surface area (TPSA) is 35.5 Å². The highest BCUT2D eigenvalue weighted by Crippen LogP contribution is 2.55. The van der Waals surface area contributed by atoms with Crippen molar-refractivity contribution in [2.75, 3.05) is 0 Å². The van der Waals surface area contributed by atoms with Crippen LogP contribution in [0.5, 0.6) is 0 Å². The van der Waals surface area contributed by atoms with Gasteiger partial charge in [-0.25, -0.2) is 0 Å². The van der Waals surface area contributed by atoms with Gasteiger partial charge in [-0.2, -0.15) is 0 Å². The first-order valence-corrected chi connectivity index (χ1v) is 15.4. The van der Waals surface area contributed by atoms with E-state index in [9.17, 15) is 4.57 Å². The van der Waals surface area contributed by atoms with Gasteiger partial charge in [-0.3, -0.25) is 0 Å². The standard InChI is InChI=1S/C26H16Br4Cl2O3P/c27-21-13-5-1-9-17(21)25(31,18-10-2-6-14-22(18)28)34-36(33)35-26(32,19-11-3-7-15-23(19)29)20-12-4-8-16-24(20)30/h1-16H/q+1. The number of benzene rings is 4. The first-order valence-electron chi connectivity index (χ1n) is 10.4. The van der Waals surface area contributed by atoms with Gasteiger partial charge in [-0.05, 0) is 24.3 Å². The van der Waals surface area contributed by atoms with Gasteiger partial charge in [-0.1, -0.05) is 169 Å². The predicted octanol–water partition coefficient (Wildman–Crippen LogP) is 11.0. The van der Waals surface area contributed by atoms with Crippen LogP contribution in [0.15, 0.2) is 115 Å². The van der Waals surface area contributed by atoms with E-state index in [0.717, 1.165) is 0 Å². The Labute approximate surface area is 254 Å². The van der Waals surface area contributed by atoms with Crippen molar-refractivity contribution < 1.29 is 13.6 Å². The van der Waals surface area contributed by atoms with Gasteiger partial charge >= 0.3 is 8.25 Å². The third kappa shape index (κ3) is 5.85. The largest absolute Gasteiger partial charge is 0.702 e. The Kier molecular flexibility index (Phi) is 9.52. The molecule has 184 valence electrons. The molecule has 0 fully saturated rings. The molecule has 0 heterocycles. The SMILES string of the molecule is O=[P+](OC(Cl)(c1ccccc1Br)c1ccccc1Br)OC(Cl)(c1ccccc1Br)c1ccccc1Br. The van der Waals surface area contributed by atoms with E-state index in [4.69, 9.17) is 32.2 Å². The number of hydrogen-bond acceptors (Lipinski definition) is 3. The molecule has 4 aromatic rings. The Morgan fingerprint density at radius 1 is 0.500 bits per heavy atom. The van der Waals surface area contributed by atoms with E-state index in [1.807, 2.05) is 72.8 Å². The molecule has 10 heteroatoms. The highest BCUT2D eigenvalue weighted by Gasteiger charge is 2.52. The molecule has 0 aliphatic heterocycles. The molecule has 0 unspecified atom stereocenters. The van der Waals surface area contributed by atoms with Crippen molar-refractivity contribution in [1.82, 2.24) is 0 Å². The zero-order valence-corrected chi connectivity index (χ0v) is 26.9.